The van der Waals surface area contributed by atoms with Crippen molar-refractivity contribution in [3.8, 4) is 0 Å². The number of benzene rings is 1. The van der Waals surface area contributed by atoms with Crippen LogP contribution in [0.4, 0.5) is 0 Å². The minimum Gasteiger partial charge on any atom is -0.396 e. The molecule has 0 amide bonds. The van der Waals surface area contributed by atoms with Gasteiger partial charge in [0.05, 0.1) is 13.2 Å². The molecule has 0 saturated carbocycles. The molecular weight excluding hydrogens is 340 g/mol. The molecule has 6 heteroatoms. The van der Waals surface area contributed by atoms with Crippen molar-refractivity contribution in [1.82, 2.24) is 15.5 Å². The lowest BCUT2D eigenvalue weighted by Crippen LogP contribution is -2.46. The number of hydrogen-bond donors (Lipinski definition) is 3. The molecule has 0 radical (unpaired) electrons. The van der Waals surface area contributed by atoms with Crippen molar-refractivity contribution in [3.63, 3.8) is 0 Å². The summed E-state index contributed by atoms with van der Waals surface area (Å²) in [6.07, 6.45) is 2.69. The maximum Gasteiger partial charge on any atom is 0.191 e. The SMILES string of the molecule is CCNC(=NCC1(CCO)CCOC1)NCC(Cc1ccccc1)N(C)C. The third-order valence-corrected chi connectivity index (χ3v) is 5.29. The minimum atomic E-state index is -0.0257. The maximum absolute atomic E-state index is 9.40. The highest BCUT2D eigenvalue weighted by Crippen LogP contribution is 2.32. The molecule has 27 heavy (non-hydrogen) atoms. The molecule has 2 unspecified atom stereocenters. The predicted octanol–water partition coefficient (Wildman–Crippen LogP) is 1.50. The Morgan fingerprint density at radius 1 is 1.30 bits per heavy atom. The van der Waals surface area contributed by atoms with E-state index in [-0.39, 0.29) is 12.0 Å². The van der Waals surface area contributed by atoms with Gasteiger partial charge < -0.3 is 25.4 Å². The largest absolute Gasteiger partial charge is 0.396 e. The van der Waals surface area contributed by atoms with E-state index in [1.807, 2.05) is 0 Å². The molecule has 0 aliphatic carbocycles. The van der Waals surface area contributed by atoms with Crippen molar-refractivity contribution < 1.29 is 9.84 Å². The number of hydrogen-bond acceptors (Lipinski definition) is 4. The van der Waals surface area contributed by atoms with Gasteiger partial charge in [0.15, 0.2) is 5.96 Å². The van der Waals surface area contributed by atoms with Crippen LogP contribution in [0.15, 0.2) is 35.3 Å². The van der Waals surface area contributed by atoms with E-state index in [1.54, 1.807) is 0 Å². The van der Waals surface area contributed by atoms with Crippen molar-refractivity contribution in [2.75, 3.05) is 53.6 Å². The summed E-state index contributed by atoms with van der Waals surface area (Å²) in [5, 5.41) is 16.2. The number of aliphatic imine (C=N–C) groups is 1. The fourth-order valence-corrected chi connectivity index (χ4v) is 3.41. The Bertz CT molecular complexity index is 557. The first-order valence-corrected chi connectivity index (χ1v) is 10.00. The van der Waals surface area contributed by atoms with Crippen LogP contribution in [0.2, 0.25) is 0 Å². The molecule has 1 aliphatic rings. The number of aliphatic hydroxyl groups excluding tert-OH is 1. The van der Waals surface area contributed by atoms with E-state index in [0.29, 0.717) is 19.2 Å². The quantitative estimate of drug-likeness (QED) is 0.427. The van der Waals surface area contributed by atoms with Gasteiger partial charge in [-0.2, -0.15) is 0 Å². The predicted molar refractivity (Wildman–Crippen MR) is 111 cm³/mol. The number of nitrogens with zero attached hydrogens (tertiary/aromatic N) is 2. The topological polar surface area (TPSA) is 69.1 Å². The van der Waals surface area contributed by atoms with Gasteiger partial charge in [-0.3, -0.25) is 4.99 Å². The number of rotatable bonds is 10. The molecule has 1 heterocycles. The summed E-state index contributed by atoms with van der Waals surface area (Å²) in [5.41, 5.74) is 1.31. The summed E-state index contributed by atoms with van der Waals surface area (Å²) < 4.78 is 5.57. The Balaban J connectivity index is 1.96. The van der Waals surface area contributed by atoms with Crippen molar-refractivity contribution in [1.29, 1.82) is 0 Å². The van der Waals surface area contributed by atoms with Gasteiger partial charge in [0.2, 0.25) is 0 Å². The highest BCUT2D eigenvalue weighted by Gasteiger charge is 2.34. The first kappa shape index (κ1) is 21.7. The summed E-state index contributed by atoms with van der Waals surface area (Å²) in [6.45, 7) is 6.02. The van der Waals surface area contributed by atoms with Gasteiger partial charge in [0, 0.05) is 37.8 Å². The van der Waals surface area contributed by atoms with Crippen molar-refractivity contribution >= 4 is 5.96 Å². The number of ether oxygens (including phenoxy) is 1. The molecule has 2 atom stereocenters. The van der Waals surface area contributed by atoms with Gasteiger partial charge in [-0.1, -0.05) is 30.3 Å². The normalized spacial score (nSPS) is 21.4. The Morgan fingerprint density at radius 2 is 2.07 bits per heavy atom. The monoisotopic (exact) mass is 376 g/mol. The van der Waals surface area contributed by atoms with Gasteiger partial charge in [-0.05, 0) is 45.8 Å². The number of nitrogens with one attached hydrogen (secondary N) is 2. The first-order valence-electron chi connectivity index (χ1n) is 10.00. The van der Waals surface area contributed by atoms with E-state index < -0.39 is 0 Å². The third kappa shape index (κ3) is 7.13. The Kier molecular flexibility index (Phi) is 9.04. The van der Waals surface area contributed by atoms with E-state index in [4.69, 9.17) is 9.73 Å². The zero-order valence-corrected chi connectivity index (χ0v) is 17.1. The zero-order chi connectivity index (χ0) is 19.5. The van der Waals surface area contributed by atoms with Gasteiger partial charge in [-0.25, -0.2) is 0 Å². The smallest absolute Gasteiger partial charge is 0.191 e. The highest BCUT2D eigenvalue weighted by molar-refractivity contribution is 5.79. The van der Waals surface area contributed by atoms with E-state index in [2.05, 4.69) is 66.9 Å². The average molecular weight is 377 g/mol. The molecule has 1 saturated heterocycles. The van der Waals surface area contributed by atoms with Crippen LogP contribution in [0.3, 0.4) is 0 Å². The molecule has 1 fully saturated rings. The maximum atomic E-state index is 9.40. The van der Waals surface area contributed by atoms with E-state index in [0.717, 1.165) is 44.9 Å². The molecule has 3 N–H and O–H groups in total. The van der Waals surface area contributed by atoms with Crippen LogP contribution in [0.5, 0.6) is 0 Å². The summed E-state index contributed by atoms with van der Waals surface area (Å²) in [4.78, 5) is 7.06. The number of likely N-dealkylation sites (N-methyl/N-ethyl adjacent to an activating group) is 1. The Morgan fingerprint density at radius 3 is 2.67 bits per heavy atom. The second-order valence-corrected chi connectivity index (χ2v) is 7.66. The van der Waals surface area contributed by atoms with Crippen LogP contribution in [0, 0.1) is 5.41 Å². The van der Waals surface area contributed by atoms with Crippen LogP contribution < -0.4 is 10.6 Å². The number of guanidine groups is 1. The van der Waals surface area contributed by atoms with Gasteiger partial charge in [0.25, 0.3) is 0 Å². The van der Waals surface area contributed by atoms with Crippen LogP contribution in [-0.4, -0.2) is 75.6 Å². The fourth-order valence-electron chi connectivity index (χ4n) is 3.41. The molecule has 0 aromatic heterocycles. The van der Waals surface area contributed by atoms with Gasteiger partial charge >= 0.3 is 0 Å². The highest BCUT2D eigenvalue weighted by atomic mass is 16.5. The minimum absolute atomic E-state index is 0.0257. The zero-order valence-electron chi connectivity index (χ0n) is 17.1. The lowest BCUT2D eigenvalue weighted by molar-refractivity contribution is 0.131. The summed E-state index contributed by atoms with van der Waals surface area (Å²) in [5.74, 6) is 0.835. The molecular formula is C21H36N4O2. The van der Waals surface area contributed by atoms with Crippen LogP contribution >= 0.6 is 0 Å². The Hall–Kier alpha value is -1.63. The third-order valence-electron chi connectivity index (χ3n) is 5.29. The van der Waals surface area contributed by atoms with Gasteiger partial charge in [-0.15, -0.1) is 0 Å². The summed E-state index contributed by atoms with van der Waals surface area (Å²) in [6, 6.07) is 11.0. The van der Waals surface area contributed by atoms with Crippen molar-refractivity contribution in [3.05, 3.63) is 35.9 Å². The second-order valence-electron chi connectivity index (χ2n) is 7.66. The molecule has 6 nitrogen and oxygen atoms in total. The standard InChI is InChI=1S/C21H36N4O2/c1-4-22-20(24-16-21(10-12-26)11-13-27-17-21)23-15-19(25(2)3)14-18-8-6-5-7-9-18/h5-9,19,26H,4,10-17H2,1-3H3,(H2,22,23,24). The lowest BCUT2D eigenvalue weighted by Gasteiger charge is -2.27. The fraction of sp³-hybridized carbons (Fsp3) is 0.667. The van der Waals surface area contributed by atoms with E-state index in [1.165, 1.54) is 5.56 Å². The van der Waals surface area contributed by atoms with Crippen LogP contribution in [-0.2, 0) is 11.2 Å². The molecule has 1 aromatic carbocycles. The molecule has 2 rings (SSSR count). The van der Waals surface area contributed by atoms with E-state index in [9.17, 15) is 5.11 Å². The van der Waals surface area contributed by atoms with Gasteiger partial charge in [0.1, 0.15) is 0 Å². The van der Waals surface area contributed by atoms with E-state index >= 15 is 0 Å². The lowest BCUT2D eigenvalue weighted by atomic mass is 9.84. The number of aliphatic hydroxyl groups is 1. The van der Waals surface area contributed by atoms with Crippen molar-refractivity contribution in [2.45, 2.75) is 32.2 Å². The molecule has 1 aliphatic heterocycles. The van der Waals surface area contributed by atoms with Crippen LogP contribution in [0.25, 0.3) is 0 Å². The Labute approximate surface area is 164 Å². The second kappa shape index (κ2) is 11.3. The molecule has 0 spiro atoms. The molecule has 0 bridgehead atoms. The first-order chi connectivity index (χ1) is 13.1. The van der Waals surface area contributed by atoms with Crippen molar-refractivity contribution in [2.24, 2.45) is 10.4 Å². The molecule has 152 valence electrons. The molecule has 1 aromatic rings. The van der Waals surface area contributed by atoms with Crippen LogP contribution in [0.1, 0.15) is 25.3 Å². The summed E-state index contributed by atoms with van der Waals surface area (Å²) >= 11 is 0. The average Bonchev–Trinajstić information content (AvgIpc) is 3.12. The summed E-state index contributed by atoms with van der Waals surface area (Å²) in [7, 11) is 4.23.